The van der Waals surface area contributed by atoms with Crippen molar-refractivity contribution in [3.05, 3.63) is 79.1 Å². The molecule has 0 unspecified atom stereocenters. The summed E-state index contributed by atoms with van der Waals surface area (Å²) in [6.45, 7) is 2.85. The van der Waals surface area contributed by atoms with Crippen molar-refractivity contribution in [1.29, 1.82) is 0 Å². The standard InChI is InChI=1S/C22H20N4O4S/c1-2-3-4-13-30-18-11-7-16(8-12-18)20-23-22-25(24-20)21(27)19(31-22)14-15-5-9-17(10-6-15)26(28)29/h5-12,14H,2-4,13H2,1H3. The minimum atomic E-state index is -0.460. The van der Waals surface area contributed by atoms with E-state index < -0.39 is 4.92 Å². The van der Waals surface area contributed by atoms with Crippen molar-refractivity contribution in [2.75, 3.05) is 6.61 Å². The van der Waals surface area contributed by atoms with Crippen molar-refractivity contribution >= 4 is 28.1 Å². The molecule has 0 amide bonds. The lowest BCUT2D eigenvalue weighted by molar-refractivity contribution is -0.384. The zero-order chi connectivity index (χ0) is 21.8. The highest BCUT2D eigenvalue weighted by atomic mass is 32.1. The van der Waals surface area contributed by atoms with Crippen LogP contribution >= 0.6 is 11.3 Å². The normalized spacial score (nSPS) is 11.8. The van der Waals surface area contributed by atoms with E-state index in [-0.39, 0.29) is 11.2 Å². The van der Waals surface area contributed by atoms with Gasteiger partial charge in [-0.2, -0.15) is 9.50 Å². The van der Waals surface area contributed by atoms with Crippen LogP contribution in [-0.4, -0.2) is 26.1 Å². The lowest BCUT2D eigenvalue weighted by Crippen LogP contribution is -2.23. The second kappa shape index (κ2) is 9.05. The molecule has 0 aliphatic rings. The van der Waals surface area contributed by atoms with E-state index in [4.69, 9.17) is 4.74 Å². The summed E-state index contributed by atoms with van der Waals surface area (Å²) < 4.78 is 7.47. The molecular formula is C22H20N4O4S. The summed E-state index contributed by atoms with van der Waals surface area (Å²) >= 11 is 1.23. The molecule has 0 saturated carbocycles. The van der Waals surface area contributed by atoms with Crippen LogP contribution in [0.15, 0.2) is 53.3 Å². The summed E-state index contributed by atoms with van der Waals surface area (Å²) in [6, 6.07) is 13.5. The molecule has 31 heavy (non-hydrogen) atoms. The molecule has 2 heterocycles. The van der Waals surface area contributed by atoms with Gasteiger partial charge in [0.15, 0.2) is 5.82 Å². The summed E-state index contributed by atoms with van der Waals surface area (Å²) in [6.07, 6.45) is 5.01. The minimum absolute atomic E-state index is 0.00386. The van der Waals surface area contributed by atoms with Gasteiger partial charge in [0.25, 0.3) is 11.2 Å². The Balaban J connectivity index is 1.54. The monoisotopic (exact) mass is 436 g/mol. The number of fused-ring (bicyclic) bond motifs is 1. The second-order valence-corrected chi connectivity index (χ2v) is 7.98. The van der Waals surface area contributed by atoms with Crippen LogP contribution in [0.5, 0.6) is 5.75 Å². The second-order valence-electron chi connectivity index (χ2n) is 6.97. The molecule has 0 N–H and O–H groups in total. The largest absolute Gasteiger partial charge is 0.494 e. The van der Waals surface area contributed by atoms with Gasteiger partial charge in [-0.15, -0.1) is 5.10 Å². The fourth-order valence-electron chi connectivity index (χ4n) is 3.04. The molecule has 0 fully saturated rings. The summed E-state index contributed by atoms with van der Waals surface area (Å²) in [5.74, 6) is 1.27. The Morgan fingerprint density at radius 2 is 1.87 bits per heavy atom. The zero-order valence-corrected chi connectivity index (χ0v) is 17.7. The Kier molecular flexibility index (Phi) is 6.03. The maximum Gasteiger partial charge on any atom is 0.291 e. The zero-order valence-electron chi connectivity index (χ0n) is 16.9. The van der Waals surface area contributed by atoms with Crippen molar-refractivity contribution in [2.24, 2.45) is 0 Å². The predicted octanol–water partition coefficient (Wildman–Crippen LogP) is 3.84. The highest BCUT2D eigenvalue weighted by molar-refractivity contribution is 7.15. The molecule has 0 bridgehead atoms. The van der Waals surface area contributed by atoms with Crippen LogP contribution in [0.2, 0.25) is 0 Å². The Hall–Kier alpha value is -3.59. The van der Waals surface area contributed by atoms with Gasteiger partial charge < -0.3 is 4.74 Å². The van der Waals surface area contributed by atoms with Crippen LogP contribution in [-0.2, 0) is 0 Å². The van der Waals surface area contributed by atoms with Crippen LogP contribution < -0.4 is 14.8 Å². The molecule has 158 valence electrons. The van der Waals surface area contributed by atoms with Gasteiger partial charge in [-0.1, -0.05) is 31.1 Å². The molecule has 2 aromatic carbocycles. The number of nitrogens with zero attached hydrogens (tertiary/aromatic N) is 4. The first-order chi connectivity index (χ1) is 15.0. The lowest BCUT2D eigenvalue weighted by Gasteiger charge is -2.05. The Labute approximate surface area is 181 Å². The van der Waals surface area contributed by atoms with Gasteiger partial charge in [0, 0.05) is 17.7 Å². The van der Waals surface area contributed by atoms with Crippen LogP contribution in [0.1, 0.15) is 31.7 Å². The Bertz CT molecular complexity index is 1310. The van der Waals surface area contributed by atoms with Gasteiger partial charge in [-0.3, -0.25) is 14.9 Å². The first kappa shape index (κ1) is 20.7. The first-order valence-corrected chi connectivity index (χ1v) is 10.8. The third kappa shape index (κ3) is 4.61. The van der Waals surface area contributed by atoms with Gasteiger partial charge >= 0.3 is 0 Å². The molecule has 0 atom stereocenters. The van der Waals surface area contributed by atoms with E-state index in [1.165, 1.54) is 28.0 Å². The fourth-order valence-corrected chi connectivity index (χ4v) is 3.95. The number of benzene rings is 2. The van der Waals surface area contributed by atoms with Crippen molar-refractivity contribution in [3.63, 3.8) is 0 Å². The molecule has 4 rings (SSSR count). The molecule has 0 aliphatic carbocycles. The number of aromatic nitrogens is 3. The number of thiazole rings is 1. The highest BCUT2D eigenvalue weighted by Crippen LogP contribution is 2.21. The molecule has 4 aromatic rings. The Morgan fingerprint density at radius 3 is 2.52 bits per heavy atom. The van der Waals surface area contributed by atoms with E-state index in [2.05, 4.69) is 17.0 Å². The van der Waals surface area contributed by atoms with Crippen molar-refractivity contribution < 1.29 is 9.66 Å². The fraction of sp³-hybridized carbons (Fsp3) is 0.227. The van der Waals surface area contributed by atoms with Crippen LogP contribution in [0.25, 0.3) is 22.4 Å². The molecule has 9 heteroatoms. The third-order valence-electron chi connectivity index (χ3n) is 4.71. The minimum Gasteiger partial charge on any atom is -0.494 e. The van der Waals surface area contributed by atoms with Gasteiger partial charge in [-0.05, 0) is 54.5 Å². The smallest absolute Gasteiger partial charge is 0.291 e. The number of hydrogen-bond donors (Lipinski definition) is 0. The highest BCUT2D eigenvalue weighted by Gasteiger charge is 2.12. The van der Waals surface area contributed by atoms with E-state index in [0.717, 1.165) is 30.6 Å². The van der Waals surface area contributed by atoms with Crippen molar-refractivity contribution in [3.8, 4) is 17.1 Å². The van der Waals surface area contributed by atoms with Crippen molar-refractivity contribution in [2.45, 2.75) is 26.2 Å². The maximum atomic E-state index is 12.7. The van der Waals surface area contributed by atoms with Crippen LogP contribution in [0, 0.1) is 10.1 Å². The van der Waals surface area contributed by atoms with E-state index in [1.807, 2.05) is 24.3 Å². The summed E-state index contributed by atoms with van der Waals surface area (Å²) in [7, 11) is 0. The van der Waals surface area contributed by atoms with Gasteiger partial charge in [0.05, 0.1) is 16.1 Å². The third-order valence-corrected chi connectivity index (χ3v) is 5.67. The first-order valence-electron chi connectivity index (χ1n) is 9.94. The van der Waals surface area contributed by atoms with E-state index >= 15 is 0 Å². The maximum absolute atomic E-state index is 12.7. The Morgan fingerprint density at radius 1 is 1.13 bits per heavy atom. The number of hydrogen-bond acceptors (Lipinski definition) is 7. The number of non-ortho nitro benzene ring substituents is 1. The summed E-state index contributed by atoms with van der Waals surface area (Å²) in [5.41, 5.74) is 1.23. The number of unbranched alkanes of at least 4 members (excludes halogenated alkanes) is 2. The number of nitro groups is 1. The number of rotatable bonds is 8. The molecule has 0 spiro atoms. The van der Waals surface area contributed by atoms with E-state index in [0.29, 0.717) is 27.5 Å². The number of ether oxygens (including phenoxy) is 1. The topological polar surface area (TPSA) is 99.6 Å². The average molecular weight is 436 g/mol. The van der Waals surface area contributed by atoms with Crippen molar-refractivity contribution in [1.82, 2.24) is 14.6 Å². The summed E-state index contributed by atoms with van der Waals surface area (Å²) in [5, 5.41) is 15.1. The van der Waals surface area contributed by atoms with Gasteiger partial charge in [0.1, 0.15) is 5.75 Å². The lowest BCUT2D eigenvalue weighted by atomic mass is 10.2. The average Bonchev–Trinajstić information content (AvgIpc) is 3.31. The predicted molar refractivity (Wildman–Crippen MR) is 119 cm³/mol. The molecule has 2 aromatic heterocycles. The SMILES string of the molecule is CCCCCOc1ccc(-c2nc3sc(=Cc4ccc([N+](=O)[O-])cc4)c(=O)n3n2)cc1. The number of nitro benzene ring substituents is 1. The van der Waals surface area contributed by atoms with Gasteiger partial charge in [0.2, 0.25) is 4.96 Å². The van der Waals surface area contributed by atoms with Crippen LogP contribution in [0.3, 0.4) is 0 Å². The molecular weight excluding hydrogens is 416 g/mol. The molecule has 0 aliphatic heterocycles. The summed E-state index contributed by atoms with van der Waals surface area (Å²) in [4.78, 5) is 28.0. The molecule has 8 nitrogen and oxygen atoms in total. The van der Waals surface area contributed by atoms with E-state index in [1.54, 1.807) is 18.2 Å². The molecule has 0 saturated heterocycles. The van der Waals surface area contributed by atoms with E-state index in [9.17, 15) is 14.9 Å². The van der Waals surface area contributed by atoms with Crippen LogP contribution in [0.4, 0.5) is 5.69 Å². The van der Waals surface area contributed by atoms with Gasteiger partial charge in [-0.25, -0.2) is 0 Å². The molecule has 0 radical (unpaired) electrons. The quantitative estimate of drug-likeness (QED) is 0.236.